The molecular formula is C16H16Cl2O. The van der Waals surface area contributed by atoms with E-state index in [1.165, 1.54) is 0 Å². The molecule has 0 amide bonds. The van der Waals surface area contributed by atoms with E-state index in [1.54, 1.807) is 18.2 Å². The second-order valence-electron chi connectivity index (χ2n) is 4.60. The van der Waals surface area contributed by atoms with Gasteiger partial charge in [0.05, 0.1) is 0 Å². The third kappa shape index (κ3) is 2.94. The zero-order chi connectivity index (χ0) is 13.9. The summed E-state index contributed by atoms with van der Waals surface area (Å²) in [7, 11) is 0. The summed E-state index contributed by atoms with van der Waals surface area (Å²) in [6.07, 6.45) is 1.44. The van der Waals surface area contributed by atoms with Gasteiger partial charge < -0.3 is 5.11 Å². The second kappa shape index (κ2) is 5.96. The molecule has 0 aromatic heterocycles. The molecule has 0 bridgehead atoms. The van der Waals surface area contributed by atoms with Crippen LogP contribution in [-0.4, -0.2) is 5.11 Å². The number of hydrogen-bond acceptors (Lipinski definition) is 1. The predicted molar refractivity (Wildman–Crippen MR) is 80.8 cm³/mol. The molecule has 1 nitrogen and oxygen atoms in total. The van der Waals surface area contributed by atoms with Crippen LogP contribution < -0.4 is 0 Å². The first-order valence-electron chi connectivity index (χ1n) is 6.31. The van der Waals surface area contributed by atoms with Crippen LogP contribution in [0.5, 0.6) is 0 Å². The molecular weight excluding hydrogens is 279 g/mol. The maximum absolute atomic E-state index is 11.1. The largest absolute Gasteiger partial charge is 0.380 e. The van der Waals surface area contributed by atoms with Crippen LogP contribution in [0.1, 0.15) is 30.9 Å². The Kier molecular flexibility index (Phi) is 4.51. The molecule has 0 saturated carbocycles. The van der Waals surface area contributed by atoms with Crippen LogP contribution in [0.2, 0.25) is 10.0 Å². The van der Waals surface area contributed by atoms with Gasteiger partial charge in [0, 0.05) is 15.6 Å². The minimum Gasteiger partial charge on any atom is -0.380 e. The maximum atomic E-state index is 11.1. The van der Waals surface area contributed by atoms with Crippen molar-refractivity contribution in [3.05, 3.63) is 69.7 Å². The lowest BCUT2D eigenvalue weighted by atomic mass is 9.83. The molecule has 0 heterocycles. The highest BCUT2D eigenvalue weighted by Gasteiger charge is 2.32. The molecule has 1 unspecified atom stereocenters. The highest BCUT2D eigenvalue weighted by molar-refractivity contribution is 6.33. The highest BCUT2D eigenvalue weighted by atomic mass is 35.5. The minimum absolute atomic E-state index is 0.532. The van der Waals surface area contributed by atoms with E-state index in [0.717, 1.165) is 12.0 Å². The third-order valence-electron chi connectivity index (χ3n) is 3.24. The molecule has 2 aromatic rings. The Morgan fingerprint density at radius 2 is 1.74 bits per heavy atom. The fourth-order valence-electron chi connectivity index (χ4n) is 2.32. The third-order valence-corrected chi connectivity index (χ3v) is 3.80. The van der Waals surface area contributed by atoms with Gasteiger partial charge in [-0.25, -0.2) is 0 Å². The summed E-state index contributed by atoms with van der Waals surface area (Å²) in [5.41, 5.74) is 0.397. The number of aliphatic hydroxyl groups is 1. The van der Waals surface area contributed by atoms with Gasteiger partial charge in [-0.3, -0.25) is 0 Å². The molecule has 0 aliphatic carbocycles. The average Bonchev–Trinajstić information content (AvgIpc) is 2.42. The van der Waals surface area contributed by atoms with E-state index < -0.39 is 5.60 Å². The van der Waals surface area contributed by atoms with Gasteiger partial charge in [-0.2, -0.15) is 0 Å². The molecule has 100 valence electrons. The predicted octanol–water partition coefficient (Wildman–Crippen LogP) is 5.03. The van der Waals surface area contributed by atoms with E-state index in [2.05, 4.69) is 0 Å². The molecule has 0 aliphatic heterocycles. The van der Waals surface area contributed by atoms with Crippen LogP contribution in [0.4, 0.5) is 0 Å². The summed E-state index contributed by atoms with van der Waals surface area (Å²) in [5.74, 6) is 0. The Morgan fingerprint density at radius 3 is 2.37 bits per heavy atom. The van der Waals surface area contributed by atoms with Crippen molar-refractivity contribution in [2.45, 2.75) is 25.4 Å². The van der Waals surface area contributed by atoms with Crippen molar-refractivity contribution >= 4 is 23.2 Å². The van der Waals surface area contributed by atoms with Crippen LogP contribution in [0.15, 0.2) is 48.5 Å². The number of halogens is 2. The second-order valence-corrected chi connectivity index (χ2v) is 5.44. The van der Waals surface area contributed by atoms with E-state index in [9.17, 15) is 5.11 Å². The van der Waals surface area contributed by atoms with Gasteiger partial charge in [-0.15, -0.1) is 0 Å². The van der Waals surface area contributed by atoms with E-state index >= 15 is 0 Å². The molecule has 0 aliphatic rings. The maximum Gasteiger partial charge on any atom is 0.116 e. The molecule has 0 fully saturated rings. The Hall–Kier alpha value is -1.02. The van der Waals surface area contributed by atoms with Crippen molar-refractivity contribution in [1.82, 2.24) is 0 Å². The van der Waals surface area contributed by atoms with Crippen LogP contribution in [-0.2, 0) is 5.60 Å². The molecule has 2 rings (SSSR count). The Labute approximate surface area is 123 Å². The summed E-state index contributed by atoms with van der Waals surface area (Å²) >= 11 is 12.3. The number of rotatable bonds is 4. The van der Waals surface area contributed by atoms with Gasteiger partial charge in [0.1, 0.15) is 5.60 Å². The van der Waals surface area contributed by atoms with E-state index in [4.69, 9.17) is 23.2 Å². The first kappa shape index (κ1) is 14.4. The lowest BCUT2D eigenvalue weighted by Crippen LogP contribution is -2.27. The van der Waals surface area contributed by atoms with Gasteiger partial charge in [-0.1, -0.05) is 66.9 Å². The molecule has 1 atom stereocenters. The fraction of sp³-hybridized carbons (Fsp3) is 0.250. The number of hydrogen-bond donors (Lipinski definition) is 1. The molecule has 0 spiro atoms. The summed E-state index contributed by atoms with van der Waals surface area (Å²) in [6.45, 7) is 2.03. The van der Waals surface area contributed by atoms with E-state index in [-0.39, 0.29) is 0 Å². The normalized spacial score (nSPS) is 14.1. The van der Waals surface area contributed by atoms with Crippen molar-refractivity contribution in [3.8, 4) is 0 Å². The van der Waals surface area contributed by atoms with Crippen LogP contribution in [0.3, 0.4) is 0 Å². The molecule has 2 aromatic carbocycles. The van der Waals surface area contributed by atoms with Crippen molar-refractivity contribution in [3.63, 3.8) is 0 Å². The summed E-state index contributed by atoms with van der Waals surface area (Å²) in [4.78, 5) is 0. The first-order valence-corrected chi connectivity index (χ1v) is 7.07. The standard InChI is InChI=1S/C16H16Cl2O/c1-2-10-16(19,12-6-4-3-5-7-12)14-11-13(17)8-9-15(14)18/h3-9,11,19H,2,10H2,1H3. The van der Waals surface area contributed by atoms with Crippen LogP contribution in [0.25, 0.3) is 0 Å². The van der Waals surface area contributed by atoms with Gasteiger partial charge >= 0.3 is 0 Å². The quantitative estimate of drug-likeness (QED) is 0.838. The van der Waals surface area contributed by atoms with Crippen molar-refractivity contribution < 1.29 is 5.11 Å². The smallest absolute Gasteiger partial charge is 0.116 e. The summed E-state index contributed by atoms with van der Waals surface area (Å²) in [6, 6.07) is 14.8. The SMILES string of the molecule is CCCC(O)(c1ccccc1)c1cc(Cl)ccc1Cl. The van der Waals surface area contributed by atoms with Gasteiger partial charge in [0.2, 0.25) is 0 Å². The van der Waals surface area contributed by atoms with E-state index in [1.807, 2.05) is 37.3 Å². The molecule has 1 N–H and O–H groups in total. The topological polar surface area (TPSA) is 20.2 Å². The Morgan fingerprint density at radius 1 is 1.05 bits per heavy atom. The van der Waals surface area contributed by atoms with E-state index in [0.29, 0.717) is 22.0 Å². The molecule has 0 saturated heterocycles. The molecule has 3 heteroatoms. The summed E-state index contributed by atoms with van der Waals surface area (Å²) in [5, 5.41) is 12.2. The monoisotopic (exact) mass is 294 g/mol. The highest BCUT2D eigenvalue weighted by Crippen LogP contribution is 2.39. The summed E-state index contributed by atoms with van der Waals surface area (Å²) < 4.78 is 0. The number of benzene rings is 2. The van der Waals surface area contributed by atoms with Crippen molar-refractivity contribution in [1.29, 1.82) is 0 Å². The molecule has 19 heavy (non-hydrogen) atoms. The van der Waals surface area contributed by atoms with Crippen LogP contribution in [0, 0.1) is 0 Å². The minimum atomic E-state index is -1.10. The first-order chi connectivity index (χ1) is 9.08. The Bertz CT molecular complexity index is 554. The zero-order valence-electron chi connectivity index (χ0n) is 10.7. The fourth-order valence-corrected chi connectivity index (χ4v) is 2.77. The lowest BCUT2D eigenvalue weighted by molar-refractivity contribution is 0.0703. The van der Waals surface area contributed by atoms with Gasteiger partial charge in [0.25, 0.3) is 0 Å². The lowest BCUT2D eigenvalue weighted by Gasteiger charge is -2.30. The molecule has 0 radical (unpaired) electrons. The Balaban J connectivity index is 2.59. The van der Waals surface area contributed by atoms with Gasteiger partial charge in [0.15, 0.2) is 0 Å². The average molecular weight is 295 g/mol. The van der Waals surface area contributed by atoms with Gasteiger partial charge in [-0.05, 0) is 30.2 Å². The van der Waals surface area contributed by atoms with Crippen LogP contribution >= 0.6 is 23.2 Å². The zero-order valence-corrected chi connectivity index (χ0v) is 12.2. The van der Waals surface area contributed by atoms with Crippen molar-refractivity contribution in [2.75, 3.05) is 0 Å². The van der Waals surface area contributed by atoms with Crippen molar-refractivity contribution in [2.24, 2.45) is 0 Å².